The van der Waals surface area contributed by atoms with E-state index < -0.39 is 35.9 Å². The number of carbonyl (C=O) groups is 2. The Morgan fingerprint density at radius 1 is 0.552 bits per heavy atom. The number of nitrogens with zero attached hydrogens (tertiary/aromatic N) is 8. The van der Waals surface area contributed by atoms with Gasteiger partial charge in [0.05, 0.1) is 30.7 Å². The molecule has 0 spiro atoms. The summed E-state index contributed by atoms with van der Waals surface area (Å²) in [6.45, 7) is 0.903. The molecule has 32 heteroatoms. The van der Waals surface area contributed by atoms with Crippen LogP contribution >= 0.6 is 0 Å². The number of aromatic nitrogens is 4. The number of carbonyl (C=O) groups excluding carboxylic acids is 1. The second kappa shape index (κ2) is 47.5. The van der Waals surface area contributed by atoms with E-state index in [2.05, 4.69) is 45.0 Å². The zero-order valence-corrected chi connectivity index (χ0v) is 61.0. The molecule has 12 aromatic rings. The Kier molecular flexibility index (Phi) is 43.9. The first-order chi connectivity index (χ1) is 43.8. The normalized spacial score (nSPS) is 9.53. The quantitative estimate of drug-likeness (QED) is 0.0209. The van der Waals surface area contributed by atoms with Gasteiger partial charge in [0.15, 0.2) is 0 Å². The number of phenols is 2. The molecule has 0 unspecified atom stereocenters. The van der Waals surface area contributed by atoms with Crippen LogP contribution in [0.5, 0.6) is 17.2 Å². The van der Waals surface area contributed by atoms with Crippen LogP contribution in [0.1, 0.15) is 15.8 Å². The Morgan fingerprint density at radius 3 is 1.19 bits per heavy atom. The third kappa shape index (κ3) is 30.4. The first-order valence-corrected chi connectivity index (χ1v) is 28.8. The van der Waals surface area contributed by atoms with Gasteiger partial charge in [0.2, 0.25) is 0 Å². The largest absolute Gasteiger partial charge is 2.00 e. The second-order valence-electron chi connectivity index (χ2n) is 17.4. The fraction of sp³-hybridized carbons (Fsp3) is 0.0312. The number of non-ortho nitro benzene ring substituents is 2. The van der Waals surface area contributed by atoms with E-state index >= 15 is 0 Å². The van der Waals surface area contributed by atoms with Crippen LogP contribution in [-0.4, -0.2) is 87.1 Å². The van der Waals surface area contributed by atoms with E-state index in [1.54, 1.807) is 97.8 Å². The third-order valence-corrected chi connectivity index (χ3v) is 13.8. The van der Waals surface area contributed by atoms with Crippen molar-refractivity contribution in [2.75, 3.05) is 0 Å². The van der Waals surface area contributed by atoms with E-state index in [-0.39, 0.29) is 197 Å². The number of phenolic OH excluding ortho intramolecular Hbond substituents is 2. The van der Waals surface area contributed by atoms with E-state index in [1.165, 1.54) is 36.4 Å². The topological polar surface area (TPSA) is 391 Å². The van der Waals surface area contributed by atoms with Crippen molar-refractivity contribution in [1.82, 2.24) is 19.9 Å². The first-order valence-electron chi connectivity index (χ1n) is 25.9. The molecule has 0 aliphatic carbocycles. The number of hydrogen-bond donors (Lipinski definition) is 4. The maximum absolute atomic E-state index is 12.7. The molecule has 8 aromatic carbocycles. The summed E-state index contributed by atoms with van der Waals surface area (Å²) in [5.41, 5.74) is 1.50. The van der Waals surface area contributed by atoms with Crippen molar-refractivity contribution in [3.8, 4) is 17.2 Å². The van der Waals surface area contributed by atoms with Crippen LogP contribution in [0, 0.1) is 26.3 Å². The standard InChI is InChI=1S/2C19H12N3O4S.C6H6BO3.C6H5O.2C5H5N.C2H4O2.CH2O3.CH4.2K.2Pd.H/c2*23-22(24)15-8-10-16(11-9-15)27(25,26)21-17-5-1-3-13-6-7-14-4-2-12-20-19(14)18(13)17;8-5-1-3-6(4-2-5)10-7-9;7-6-4-2-1-3-5-6;2*1-2-4-6-5-3-1;1-2(3)4;2-1-4-3;;;;;;/h2*1-12H;1-4,8-9H;2-5,7H;2*1-5H;1H3,(H,3,4);1,3H;1H4;;;;;/q2*-1;;-1;;;;;;2*+1;;+2;-1/p-1. The molecule has 491 valence electrons. The molecule has 0 saturated carbocycles. The maximum Gasteiger partial charge on any atom is 2.00 e. The van der Waals surface area contributed by atoms with Gasteiger partial charge in [0.25, 0.3) is 23.8 Å². The summed E-state index contributed by atoms with van der Waals surface area (Å²) in [4.78, 5) is 56.7. The number of sulfonamides is 2. The van der Waals surface area contributed by atoms with Crippen molar-refractivity contribution < 1.29 is 216 Å². The van der Waals surface area contributed by atoms with Crippen LogP contribution in [0.15, 0.2) is 265 Å². The van der Waals surface area contributed by atoms with E-state index in [4.69, 9.17) is 35.2 Å². The first kappa shape index (κ1) is 88.6. The van der Waals surface area contributed by atoms with Crippen LogP contribution in [-0.2, 0) is 75.4 Å². The fourth-order valence-corrected chi connectivity index (χ4v) is 9.37. The number of pyridine rings is 4. The molecule has 4 heterocycles. The van der Waals surface area contributed by atoms with Gasteiger partial charge in [0, 0.05) is 105 Å². The van der Waals surface area contributed by atoms with Crippen molar-refractivity contribution in [2.24, 2.45) is 0 Å². The summed E-state index contributed by atoms with van der Waals surface area (Å²) >= 11 is 0. The van der Waals surface area contributed by atoms with Gasteiger partial charge in [-0.2, -0.15) is 18.2 Å². The zero-order valence-electron chi connectivity index (χ0n) is 51.0. The minimum atomic E-state index is -4.04. The van der Waals surface area contributed by atoms with Gasteiger partial charge < -0.3 is 46.0 Å². The maximum atomic E-state index is 12.7. The molecule has 1 radical (unpaired) electrons. The minimum Gasteiger partial charge on any atom is -1.00 e. The molecule has 0 fully saturated rings. The van der Waals surface area contributed by atoms with E-state index in [9.17, 15) is 37.1 Å². The zero-order chi connectivity index (χ0) is 66.0. The number of nitro groups is 2. The number of aliphatic carboxylic acids is 1. The van der Waals surface area contributed by atoms with E-state index in [0.717, 1.165) is 52.7 Å². The molecule has 0 aliphatic heterocycles. The molecular weight excluding hydrogens is 1520 g/mol. The van der Waals surface area contributed by atoms with Gasteiger partial charge in [-0.05, 0) is 106 Å². The van der Waals surface area contributed by atoms with Crippen molar-refractivity contribution in [2.45, 2.75) is 24.1 Å². The fourth-order valence-electron chi connectivity index (χ4n) is 7.38. The Labute approximate surface area is 666 Å². The summed E-state index contributed by atoms with van der Waals surface area (Å²) < 4.78 is 63.4. The van der Waals surface area contributed by atoms with Gasteiger partial charge in [-0.3, -0.25) is 49.8 Å². The molecule has 0 atom stereocenters. The predicted molar refractivity (Wildman–Crippen MR) is 346 cm³/mol. The van der Waals surface area contributed by atoms with Crippen molar-refractivity contribution in [3.63, 3.8) is 0 Å². The molecule has 96 heavy (non-hydrogen) atoms. The van der Waals surface area contributed by atoms with Gasteiger partial charge in [-0.15, -0.1) is 23.5 Å². The molecule has 4 N–H and O–H groups in total. The molecule has 0 saturated heterocycles. The van der Waals surface area contributed by atoms with Crippen molar-refractivity contribution >= 4 is 106 Å². The third-order valence-electron chi connectivity index (χ3n) is 11.2. The average Bonchev–Trinajstić information content (AvgIpc) is 0.797. The van der Waals surface area contributed by atoms with E-state index in [0.29, 0.717) is 41.0 Å². The smallest absolute Gasteiger partial charge is 1.00 e. The number of aromatic hydroxyl groups is 2. The van der Waals surface area contributed by atoms with Gasteiger partial charge in [-0.1, -0.05) is 92.4 Å². The van der Waals surface area contributed by atoms with Gasteiger partial charge in [0.1, 0.15) is 31.5 Å². The van der Waals surface area contributed by atoms with Crippen molar-refractivity contribution in [1.29, 1.82) is 0 Å². The van der Waals surface area contributed by atoms with Crippen LogP contribution < -0.4 is 113 Å². The van der Waals surface area contributed by atoms with E-state index in [1.807, 2.05) is 97.1 Å². The van der Waals surface area contributed by atoms with Crippen LogP contribution in [0.3, 0.4) is 0 Å². The van der Waals surface area contributed by atoms with Gasteiger partial charge in [-0.25, -0.2) is 16.8 Å². The number of carboxylic acids is 1. The molecule has 25 nitrogen and oxygen atoms in total. The molecule has 0 amide bonds. The Morgan fingerprint density at radius 2 is 0.896 bits per heavy atom. The van der Waals surface area contributed by atoms with Gasteiger partial charge >= 0.3 is 131 Å². The number of benzene rings is 8. The molecule has 4 aromatic heterocycles. The summed E-state index contributed by atoms with van der Waals surface area (Å²) in [7, 11) is -7.49. The molecule has 0 aliphatic rings. The molecule has 12 rings (SSSR count). The second-order valence-corrected chi connectivity index (χ2v) is 20.6. The SMILES string of the molecule is C.CC(=O)O.O=CO[O-].O=[N+]([O-])c1ccc(S(=O)(=O)[N-]c2cccc3ccc4cccnc4c23)cc1.O=[N+]([O-])c1ccc(S(=O)(=O)[N-]c2cccc3ccc4cccnc4c23)cc1.O[B]Oc1ccc(O)cc1.Oc1cc[c-]cc1.[H-].[K+].[K+].[Pd+2].[Pd].c1ccncc1.c1ccncc1. The summed E-state index contributed by atoms with van der Waals surface area (Å²) in [6, 6.07) is 61.4. The predicted octanol–water partition coefficient (Wildman–Crippen LogP) is 6.31. The number of carboxylic acid groups (broad SMARTS) is 1. The van der Waals surface area contributed by atoms with Crippen LogP contribution in [0.25, 0.3) is 52.8 Å². The Hall–Kier alpha value is -7.38. The summed E-state index contributed by atoms with van der Waals surface area (Å²) in [5, 5.41) is 67.6. The van der Waals surface area contributed by atoms with Crippen molar-refractivity contribution in [3.05, 3.63) is 291 Å². The number of hydrogen-bond acceptors (Lipinski definition) is 20. The Bertz CT molecular complexity index is 4230. The summed E-state index contributed by atoms with van der Waals surface area (Å²) in [6.07, 6.45) is 10.3. The monoisotopic (exact) mass is 1570 g/mol. The number of nitro benzene ring substituents is 2. The number of rotatable bonds is 11. The Balaban J connectivity index is 0. The van der Waals surface area contributed by atoms with Crippen LogP contribution in [0.2, 0.25) is 0 Å². The molecular formula is C64H55BK2N8O17Pd2S2-. The summed E-state index contributed by atoms with van der Waals surface area (Å²) in [5.74, 6) is 0.115. The van der Waals surface area contributed by atoms with Crippen LogP contribution in [0.4, 0.5) is 22.7 Å². The average molecular weight is 1570 g/mol. The number of fused-ring (bicyclic) bond motifs is 6. The minimum absolute atomic E-state index is 0. The molecule has 0 bridgehead atoms.